The number of carboxylic acids is 1. The number of likely N-dealkylation sites (tertiary alicyclic amines) is 1. The van der Waals surface area contributed by atoms with Crippen molar-refractivity contribution >= 4 is 11.9 Å². The average Bonchev–Trinajstić information content (AvgIpc) is 2.77. The Kier molecular flexibility index (Phi) is 3.32. The summed E-state index contributed by atoms with van der Waals surface area (Å²) < 4.78 is 13.7. The second-order valence-electron chi connectivity index (χ2n) is 4.48. The Morgan fingerprint density at radius 1 is 1.44 bits per heavy atom. The molecule has 1 aliphatic rings. The van der Waals surface area contributed by atoms with Crippen LogP contribution in [0.3, 0.4) is 0 Å². The fourth-order valence-electron chi connectivity index (χ4n) is 2.21. The van der Waals surface area contributed by atoms with Gasteiger partial charge in [0.15, 0.2) is 0 Å². The van der Waals surface area contributed by atoms with Crippen LogP contribution in [0.15, 0.2) is 18.2 Å². The van der Waals surface area contributed by atoms with Gasteiger partial charge in [-0.3, -0.25) is 4.79 Å². The fraction of sp³-hybridized carbons (Fsp3) is 0.385. The van der Waals surface area contributed by atoms with Crippen molar-refractivity contribution in [2.45, 2.75) is 25.8 Å². The standard InChI is InChI=1S/C13H14FNO3/c1-8-4-5-9(10(14)7-8)12(16)15-6-2-3-11(15)13(17)18/h4-5,7,11H,2-3,6H2,1H3,(H,17,18)/t11-/m0/s1. The largest absolute Gasteiger partial charge is 0.480 e. The van der Waals surface area contributed by atoms with Crippen LogP contribution in [0, 0.1) is 12.7 Å². The number of carboxylic acid groups (broad SMARTS) is 1. The third-order valence-electron chi connectivity index (χ3n) is 3.15. The lowest BCUT2D eigenvalue weighted by atomic mass is 10.1. The van der Waals surface area contributed by atoms with Crippen molar-refractivity contribution in [3.05, 3.63) is 35.1 Å². The van der Waals surface area contributed by atoms with Gasteiger partial charge in [-0.05, 0) is 37.5 Å². The molecule has 1 aromatic rings. The molecule has 1 amide bonds. The number of hydrogen-bond acceptors (Lipinski definition) is 2. The Morgan fingerprint density at radius 2 is 2.17 bits per heavy atom. The van der Waals surface area contributed by atoms with Gasteiger partial charge in [-0.2, -0.15) is 0 Å². The monoisotopic (exact) mass is 251 g/mol. The normalized spacial score (nSPS) is 19.0. The summed E-state index contributed by atoms with van der Waals surface area (Å²) in [4.78, 5) is 24.3. The predicted molar refractivity (Wildman–Crippen MR) is 62.8 cm³/mol. The number of amides is 1. The first-order chi connectivity index (χ1) is 8.50. The molecule has 1 saturated heterocycles. The van der Waals surface area contributed by atoms with E-state index in [4.69, 9.17) is 5.11 Å². The van der Waals surface area contributed by atoms with Crippen LogP contribution in [0.2, 0.25) is 0 Å². The van der Waals surface area contributed by atoms with Gasteiger partial charge in [0.05, 0.1) is 5.56 Å². The molecule has 0 radical (unpaired) electrons. The van der Waals surface area contributed by atoms with Crippen LogP contribution in [0.5, 0.6) is 0 Å². The molecule has 1 atom stereocenters. The highest BCUT2D eigenvalue weighted by atomic mass is 19.1. The number of carbonyl (C=O) groups is 2. The summed E-state index contributed by atoms with van der Waals surface area (Å²) >= 11 is 0. The smallest absolute Gasteiger partial charge is 0.326 e. The molecule has 0 unspecified atom stereocenters. The summed E-state index contributed by atoms with van der Waals surface area (Å²) in [6.07, 6.45) is 1.06. The molecular formula is C13H14FNO3. The minimum absolute atomic E-state index is 0.0613. The zero-order valence-electron chi connectivity index (χ0n) is 10.0. The van der Waals surface area contributed by atoms with E-state index in [2.05, 4.69) is 0 Å². The summed E-state index contributed by atoms with van der Waals surface area (Å²) in [7, 11) is 0. The van der Waals surface area contributed by atoms with Gasteiger partial charge in [0.1, 0.15) is 11.9 Å². The molecule has 5 heteroatoms. The molecule has 1 heterocycles. The van der Waals surface area contributed by atoms with Crippen LogP contribution in [-0.4, -0.2) is 34.5 Å². The lowest BCUT2D eigenvalue weighted by Crippen LogP contribution is -2.40. The topological polar surface area (TPSA) is 57.6 Å². The van der Waals surface area contributed by atoms with E-state index in [9.17, 15) is 14.0 Å². The number of carbonyl (C=O) groups excluding carboxylic acids is 1. The van der Waals surface area contributed by atoms with Gasteiger partial charge in [-0.15, -0.1) is 0 Å². The van der Waals surface area contributed by atoms with Crippen molar-refractivity contribution < 1.29 is 19.1 Å². The van der Waals surface area contributed by atoms with Crippen LogP contribution in [0.4, 0.5) is 4.39 Å². The van der Waals surface area contributed by atoms with Gasteiger partial charge in [-0.1, -0.05) is 6.07 Å². The Hall–Kier alpha value is -1.91. The van der Waals surface area contributed by atoms with Gasteiger partial charge < -0.3 is 10.0 Å². The number of hydrogen-bond donors (Lipinski definition) is 1. The molecule has 96 valence electrons. The Bertz CT molecular complexity index is 501. The molecule has 0 aliphatic carbocycles. The van der Waals surface area contributed by atoms with Gasteiger partial charge in [0.2, 0.25) is 0 Å². The van der Waals surface area contributed by atoms with E-state index in [1.54, 1.807) is 13.0 Å². The molecule has 0 bridgehead atoms. The van der Waals surface area contributed by atoms with Crippen molar-refractivity contribution in [1.82, 2.24) is 4.90 Å². The van der Waals surface area contributed by atoms with Crippen LogP contribution in [0.25, 0.3) is 0 Å². The van der Waals surface area contributed by atoms with E-state index in [1.807, 2.05) is 0 Å². The van der Waals surface area contributed by atoms with Crippen molar-refractivity contribution in [1.29, 1.82) is 0 Å². The second kappa shape index (κ2) is 4.76. The predicted octanol–water partition coefficient (Wildman–Crippen LogP) is 1.82. The number of nitrogens with zero attached hydrogens (tertiary/aromatic N) is 1. The zero-order valence-corrected chi connectivity index (χ0v) is 10.0. The Morgan fingerprint density at radius 3 is 2.78 bits per heavy atom. The minimum Gasteiger partial charge on any atom is -0.480 e. The maximum Gasteiger partial charge on any atom is 0.326 e. The molecule has 0 spiro atoms. The van der Waals surface area contributed by atoms with Crippen molar-refractivity contribution in [2.75, 3.05) is 6.54 Å². The highest BCUT2D eigenvalue weighted by molar-refractivity contribution is 5.97. The van der Waals surface area contributed by atoms with Gasteiger partial charge >= 0.3 is 5.97 Å². The number of halogens is 1. The molecule has 2 rings (SSSR count). The molecule has 0 aromatic heterocycles. The van der Waals surface area contributed by atoms with Crippen molar-refractivity contribution in [2.24, 2.45) is 0 Å². The summed E-state index contributed by atoms with van der Waals surface area (Å²) in [5.74, 6) is -2.18. The first-order valence-electron chi connectivity index (χ1n) is 5.80. The second-order valence-corrected chi connectivity index (χ2v) is 4.48. The summed E-state index contributed by atoms with van der Waals surface area (Å²) in [5, 5.41) is 9.01. The summed E-state index contributed by atoms with van der Waals surface area (Å²) in [6, 6.07) is 3.49. The van der Waals surface area contributed by atoms with E-state index < -0.39 is 23.7 Å². The SMILES string of the molecule is Cc1ccc(C(=O)N2CCC[C@H]2C(=O)O)c(F)c1. The summed E-state index contributed by atoms with van der Waals surface area (Å²) in [6.45, 7) is 2.09. The first-order valence-corrected chi connectivity index (χ1v) is 5.80. The summed E-state index contributed by atoms with van der Waals surface area (Å²) in [5.41, 5.74) is 0.661. The van der Waals surface area contributed by atoms with E-state index in [0.717, 1.165) is 5.56 Å². The molecule has 4 nitrogen and oxygen atoms in total. The lowest BCUT2D eigenvalue weighted by molar-refractivity contribution is -0.141. The Balaban J connectivity index is 2.28. The highest BCUT2D eigenvalue weighted by Crippen LogP contribution is 2.21. The van der Waals surface area contributed by atoms with E-state index in [0.29, 0.717) is 19.4 Å². The van der Waals surface area contributed by atoms with Crippen LogP contribution in [0.1, 0.15) is 28.8 Å². The zero-order chi connectivity index (χ0) is 13.3. The van der Waals surface area contributed by atoms with Crippen LogP contribution >= 0.6 is 0 Å². The first kappa shape index (κ1) is 12.5. The maximum atomic E-state index is 13.7. The maximum absolute atomic E-state index is 13.7. The molecule has 1 N–H and O–H groups in total. The van der Waals surface area contributed by atoms with E-state index in [1.165, 1.54) is 17.0 Å². The lowest BCUT2D eigenvalue weighted by Gasteiger charge is -2.21. The van der Waals surface area contributed by atoms with Gasteiger partial charge in [0, 0.05) is 6.54 Å². The molecule has 0 saturated carbocycles. The molecule has 18 heavy (non-hydrogen) atoms. The average molecular weight is 251 g/mol. The molecule has 1 aliphatic heterocycles. The molecule has 1 aromatic carbocycles. The van der Waals surface area contributed by atoms with Gasteiger partial charge in [-0.25, -0.2) is 9.18 Å². The van der Waals surface area contributed by atoms with E-state index in [-0.39, 0.29) is 5.56 Å². The quantitative estimate of drug-likeness (QED) is 0.872. The van der Waals surface area contributed by atoms with E-state index >= 15 is 0 Å². The molecule has 1 fully saturated rings. The van der Waals surface area contributed by atoms with Crippen molar-refractivity contribution in [3.8, 4) is 0 Å². The minimum atomic E-state index is -1.03. The van der Waals surface area contributed by atoms with Crippen LogP contribution < -0.4 is 0 Å². The third-order valence-corrected chi connectivity index (χ3v) is 3.15. The number of rotatable bonds is 2. The number of benzene rings is 1. The fourth-order valence-corrected chi connectivity index (χ4v) is 2.21. The van der Waals surface area contributed by atoms with Gasteiger partial charge in [0.25, 0.3) is 5.91 Å². The Labute approximate surface area is 104 Å². The molecular weight excluding hydrogens is 237 g/mol. The number of aryl methyl sites for hydroxylation is 1. The number of aliphatic carboxylic acids is 1. The van der Waals surface area contributed by atoms with Crippen molar-refractivity contribution in [3.63, 3.8) is 0 Å². The third kappa shape index (κ3) is 2.20. The highest BCUT2D eigenvalue weighted by Gasteiger charge is 2.35. The van der Waals surface area contributed by atoms with Crippen LogP contribution in [-0.2, 0) is 4.79 Å².